The van der Waals surface area contributed by atoms with E-state index < -0.39 is 12.3 Å². The average Bonchev–Trinajstić information content (AvgIpc) is 1.50. The Kier molecular flexibility index (Phi) is 13.6. The number of nitrogens with zero attached hydrogens (tertiary/aromatic N) is 4. The monoisotopic (exact) mass is 1450 g/mol. The van der Waals surface area contributed by atoms with Gasteiger partial charge in [-0.25, -0.2) is 0 Å². The molecule has 4 heterocycles. The maximum atomic E-state index is 9.17. The van der Waals surface area contributed by atoms with Crippen molar-refractivity contribution in [3.05, 3.63) is 303 Å². The predicted molar refractivity (Wildman–Crippen MR) is 398 cm³/mol. The van der Waals surface area contributed by atoms with Crippen molar-refractivity contribution in [1.82, 2.24) is 18.7 Å². The van der Waals surface area contributed by atoms with Gasteiger partial charge in [-0.1, -0.05) is 106 Å². The van der Waals surface area contributed by atoms with Crippen LogP contribution < -0.4 is 9.47 Å². The Morgan fingerprint density at radius 1 is 0.392 bits per heavy atom. The second kappa shape index (κ2) is 22.6. The summed E-state index contributed by atoms with van der Waals surface area (Å²) in [5.41, 5.74) is 22.5. The molecule has 11 aromatic carbocycles. The standard InChI is InChI=1S/C90H80N4O2.Pt/c1-56-44-84(91-54-73(56)58-38-40-60(41-39-58)86(2,3)4)94-80-51-66(42-43-68(80)72-52-71-67-30-17-18-31-74(67)90(77(71)53-81(72)94)75-32-19-23-36-82(75)96-83-37-24-20-33-76(83)90)95-65-29-25-28-64(50-65)92-55-93(79-35-22-21-34-78(79)92)85-69(57-26-15-14-16-27-57)48-63(89(11,12)13)49-70(85)59-45-61(87(5,6)7)47-62(46-59)88(8,9)10;/h14-54H,1-13H3;/i1D3;. The number of benzene rings is 11. The number of fused-ring (bicyclic) bond motifs is 13. The molecule has 2 aliphatic rings. The molecular weight excluding hydrogens is 1360 g/mol. The number of rotatable bonds is 8. The minimum absolute atomic E-state index is 0.0835. The smallest absolute Gasteiger partial charge is 0.457 e. The van der Waals surface area contributed by atoms with Gasteiger partial charge in [-0.2, -0.15) is 0 Å². The number of hydrogen-bond donors (Lipinski definition) is 0. The van der Waals surface area contributed by atoms with Crippen molar-refractivity contribution in [3.63, 3.8) is 0 Å². The van der Waals surface area contributed by atoms with E-state index in [2.05, 4.69) is 322 Å². The number of pyridine rings is 1. The van der Waals surface area contributed by atoms with Crippen molar-refractivity contribution in [2.45, 2.75) is 117 Å². The van der Waals surface area contributed by atoms with E-state index >= 15 is 0 Å². The summed E-state index contributed by atoms with van der Waals surface area (Å²) in [7, 11) is 0. The first kappa shape index (κ1) is 58.5. The van der Waals surface area contributed by atoms with Crippen molar-refractivity contribution < 1.29 is 32.9 Å². The molecule has 0 amide bonds. The Morgan fingerprint density at radius 2 is 0.948 bits per heavy atom. The Balaban J connectivity index is 0.891. The fourth-order valence-corrected chi connectivity index (χ4v) is 16.1. The van der Waals surface area contributed by atoms with Crippen molar-refractivity contribution >= 4 is 32.8 Å². The van der Waals surface area contributed by atoms with E-state index in [4.69, 9.17) is 18.6 Å². The van der Waals surface area contributed by atoms with E-state index in [9.17, 15) is 0 Å². The zero-order chi connectivity index (χ0) is 69.7. The van der Waals surface area contributed by atoms with Crippen LogP contribution in [0.15, 0.2) is 249 Å². The molecule has 7 heteroatoms. The molecule has 0 saturated heterocycles. The molecule has 0 atom stereocenters. The fourth-order valence-electron chi connectivity index (χ4n) is 15.0. The number of aromatic nitrogens is 4. The first-order valence-electron chi connectivity index (χ1n) is 35.2. The summed E-state index contributed by atoms with van der Waals surface area (Å²) in [6.45, 7) is 24.9. The van der Waals surface area contributed by atoms with E-state index in [1.165, 1.54) is 33.4 Å². The SMILES string of the molecule is [2H]C([2H])([2H])c1cc(-n2c3cc(Oc4cccc(-n5[c](=[Pt])n(-c6c(-c7ccccc7)cc(C(C)(C)C)cc6-c6cc(C(C)(C)C)cc(C(C)(C)C)c6)c6ccccc65)c4)ccc3c3cc4c(cc32)C2(c3ccccc3Oc3ccccc32)c2ccccc2-4)ncc1-c1ccc(C(C)(C)C)cc1. The van der Waals surface area contributed by atoms with Gasteiger partial charge in [0, 0.05) is 27.0 Å². The van der Waals surface area contributed by atoms with Crippen molar-refractivity contribution in [2.75, 3.05) is 0 Å². The maximum absolute atomic E-state index is 9.17. The van der Waals surface area contributed by atoms with Gasteiger partial charge in [-0.05, 0) is 63.3 Å². The molecule has 3 aromatic heterocycles. The summed E-state index contributed by atoms with van der Waals surface area (Å²) in [5, 5.41) is 1.96. The van der Waals surface area contributed by atoms with Gasteiger partial charge in [0.25, 0.3) is 0 Å². The van der Waals surface area contributed by atoms with Gasteiger partial charge >= 0.3 is 371 Å². The minimum Gasteiger partial charge on any atom is -0.457 e. The minimum atomic E-state index is -2.49. The second-order valence-electron chi connectivity index (χ2n) is 30.6. The summed E-state index contributed by atoms with van der Waals surface area (Å²) >= 11 is 2.55. The van der Waals surface area contributed by atoms with Crippen LogP contribution in [0.2, 0.25) is 0 Å². The number of ether oxygens (including phenoxy) is 2. The Hall–Kier alpha value is -9.87. The summed E-state index contributed by atoms with van der Waals surface area (Å²) in [4.78, 5) is 5.30. The third-order valence-corrected chi connectivity index (χ3v) is 21.2. The van der Waals surface area contributed by atoms with Gasteiger partial charge in [-0.15, -0.1) is 0 Å². The topological polar surface area (TPSA) is 46.1 Å². The molecule has 0 bridgehead atoms. The van der Waals surface area contributed by atoms with E-state index in [1.807, 2.05) is 30.3 Å². The number of imidazole rings is 1. The molecule has 0 unspecified atom stereocenters. The Morgan fingerprint density at radius 3 is 1.60 bits per heavy atom. The first-order valence-corrected chi connectivity index (χ1v) is 34.9. The van der Waals surface area contributed by atoms with Crippen molar-refractivity contribution in [2.24, 2.45) is 0 Å². The predicted octanol–water partition coefficient (Wildman–Crippen LogP) is 23.8. The van der Waals surface area contributed by atoms with Crippen LogP contribution in [0.4, 0.5) is 0 Å². The van der Waals surface area contributed by atoms with Crippen LogP contribution in [0.3, 0.4) is 0 Å². The van der Waals surface area contributed by atoms with Crippen LogP contribution in [0.25, 0.3) is 94.5 Å². The number of hydrogen-bond acceptors (Lipinski definition) is 3. The van der Waals surface area contributed by atoms with Gasteiger partial charge in [-0.3, -0.25) is 0 Å². The third kappa shape index (κ3) is 10.2. The average molecular weight is 1450 g/mol. The molecule has 6 nitrogen and oxygen atoms in total. The third-order valence-electron chi connectivity index (χ3n) is 20.2. The number of para-hydroxylation sites is 4. The summed E-state index contributed by atoms with van der Waals surface area (Å²) < 4.78 is 49.4. The fraction of sp³-hybridized carbons (Fsp3) is 0.200. The molecule has 482 valence electrons. The molecule has 0 fully saturated rings. The van der Waals surface area contributed by atoms with Crippen molar-refractivity contribution in [3.8, 4) is 84.7 Å². The Labute approximate surface area is 585 Å². The van der Waals surface area contributed by atoms with E-state index in [1.54, 1.807) is 12.3 Å². The van der Waals surface area contributed by atoms with Gasteiger partial charge in [0.2, 0.25) is 0 Å². The molecule has 0 N–H and O–H groups in total. The van der Waals surface area contributed by atoms with Gasteiger partial charge in [0.15, 0.2) is 0 Å². The molecule has 14 aromatic rings. The van der Waals surface area contributed by atoms with E-state index in [0.29, 0.717) is 22.9 Å². The molecule has 1 aliphatic carbocycles. The Bertz CT molecular complexity index is 5650. The van der Waals surface area contributed by atoms with Crippen LogP contribution in [-0.4, -0.2) is 18.7 Å². The quantitative estimate of drug-likeness (QED) is 0.152. The molecular formula is C90H80N4O2Pt. The van der Waals surface area contributed by atoms with E-state index in [0.717, 1.165) is 110 Å². The summed E-state index contributed by atoms with van der Waals surface area (Å²) in [6.07, 6.45) is 1.75. The number of aryl methyl sites for hydroxylation is 1. The van der Waals surface area contributed by atoms with Crippen LogP contribution in [0, 0.1) is 10.7 Å². The van der Waals surface area contributed by atoms with Crippen molar-refractivity contribution in [1.29, 1.82) is 0 Å². The van der Waals surface area contributed by atoms with E-state index in [-0.39, 0.29) is 27.2 Å². The molecule has 0 radical (unpaired) electrons. The molecule has 0 saturated carbocycles. The summed E-state index contributed by atoms with van der Waals surface area (Å²) in [6, 6.07) is 86.6. The van der Waals surface area contributed by atoms with Gasteiger partial charge in [0.05, 0.1) is 5.41 Å². The zero-order valence-electron chi connectivity index (χ0n) is 60.1. The van der Waals surface area contributed by atoms with Gasteiger partial charge in [0.1, 0.15) is 11.5 Å². The summed E-state index contributed by atoms with van der Waals surface area (Å²) in [5.74, 6) is 3.33. The molecule has 97 heavy (non-hydrogen) atoms. The normalized spacial score (nSPS) is 14.0. The first-order chi connectivity index (χ1) is 47.6. The molecule has 1 spiro atoms. The molecule has 16 rings (SSSR count). The second-order valence-corrected chi connectivity index (χ2v) is 31.6. The van der Waals surface area contributed by atoms with Crippen LogP contribution in [-0.2, 0) is 46.4 Å². The molecule has 1 aliphatic heterocycles. The van der Waals surface area contributed by atoms with Crippen LogP contribution in [0.1, 0.15) is 137 Å². The van der Waals surface area contributed by atoms with Crippen LogP contribution >= 0.6 is 0 Å². The zero-order valence-corrected chi connectivity index (χ0v) is 59.4. The van der Waals surface area contributed by atoms with Crippen LogP contribution in [0.5, 0.6) is 23.0 Å². The van der Waals surface area contributed by atoms with Gasteiger partial charge < -0.3 is 4.74 Å².